The second kappa shape index (κ2) is 6.55. The van der Waals surface area contributed by atoms with Gasteiger partial charge in [0.15, 0.2) is 0 Å². The fourth-order valence-corrected chi connectivity index (χ4v) is 5.09. The second-order valence-electron chi connectivity index (χ2n) is 11.0. The molecule has 0 saturated carbocycles. The second-order valence-corrected chi connectivity index (χ2v) is 11.0. The Morgan fingerprint density at radius 1 is 0.750 bits per heavy atom. The van der Waals surface area contributed by atoms with Gasteiger partial charge < -0.3 is 4.90 Å². The van der Waals surface area contributed by atoms with Crippen molar-refractivity contribution in [2.45, 2.75) is 78.3 Å². The van der Waals surface area contributed by atoms with Crippen LogP contribution in [0.15, 0.2) is 0 Å². The van der Waals surface area contributed by atoms with Crippen LogP contribution in [-0.2, 0) is 0 Å². The molecule has 0 unspecified atom stereocenters. The summed E-state index contributed by atoms with van der Waals surface area (Å²) >= 11 is 0. The third-order valence-electron chi connectivity index (χ3n) is 6.67. The molecule has 0 N–H and O–H groups in total. The van der Waals surface area contributed by atoms with E-state index in [1.54, 1.807) is 0 Å². The van der Waals surface area contributed by atoms with Crippen molar-refractivity contribution in [2.24, 2.45) is 11.3 Å². The molecule has 0 atom stereocenters. The standard InChI is InChI=1S/C21H41N3/c1-19(2,3)23-11-7-9-18(10-8-12-23)13-22-14-21(15-22)16-24(17-21)20(4,5)6/h18H,7-17H2,1-6H3. The lowest BCUT2D eigenvalue weighted by molar-refractivity contribution is -0.147. The minimum Gasteiger partial charge on any atom is -0.302 e. The molecule has 0 radical (unpaired) electrons. The Morgan fingerprint density at radius 3 is 1.71 bits per heavy atom. The van der Waals surface area contributed by atoms with Gasteiger partial charge >= 0.3 is 0 Å². The summed E-state index contributed by atoms with van der Waals surface area (Å²) in [5.74, 6) is 0.947. The highest BCUT2D eigenvalue weighted by atomic mass is 15.3. The zero-order chi connectivity index (χ0) is 17.6. The zero-order valence-corrected chi connectivity index (χ0v) is 17.2. The van der Waals surface area contributed by atoms with Gasteiger partial charge in [-0.3, -0.25) is 9.80 Å². The molecule has 0 bridgehead atoms. The molecule has 3 aliphatic rings. The Balaban J connectivity index is 1.37. The maximum absolute atomic E-state index is 2.76. The van der Waals surface area contributed by atoms with Gasteiger partial charge in [0.25, 0.3) is 0 Å². The Labute approximate surface area is 150 Å². The summed E-state index contributed by atoms with van der Waals surface area (Å²) < 4.78 is 0. The fraction of sp³-hybridized carbons (Fsp3) is 1.00. The summed E-state index contributed by atoms with van der Waals surface area (Å²) in [5.41, 5.74) is 1.38. The van der Waals surface area contributed by atoms with Gasteiger partial charge in [0, 0.05) is 49.2 Å². The Bertz CT molecular complexity index is 407. The monoisotopic (exact) mass is 335 g/mol. The molecule has 24 heavy (non-hydrogen) atoms. The first-order chi connectivity index (χ1) is 11.1. The predicted molar refractivity (Wildman–Crippen MR) is 103 cm³/mol. The molecule has 3 saturated heterocycles. The molecular formula is C21H41N3. The first-order valence-corrected chi connectivity index (χ1v) is 10.3. The average Bonchev–Trinajstić information content (AvgIpc) is 2.29. The van der Waals surface area contributed by atoms with E-state index < -0.39 is 0 Å². The molecule has 3 rings (SSSR count). The van der Waals surface area contributed by atoms with E-state index in [0.717, 1.165) is 5.92 Å². The van der Waals surface area contributed by atoms with Crippen LogP contribution in [0.25, 0.3) is 0 Å². The van der Waals surface area contributed by atoms with E-state index in [4.69, 9.17) is 0 Å². The van der Waals surface area contributed by atoms with E-state index in [1.807, 2.05) is 0 Å². The van der Waals surface area contributed by atoms with Crippen LogP contribution in [0.4, 0.5) is 0 Å². The summed E-state index contributed by atoms with van der Waals surface area (Å²) in [6.07, 6.45) is 5.64. The summed E-state index contributed by atoms with van der Waals surface area (Å²) in [4.78, 5) is 8.10. The van der Waals surface area contributed by atoms with Crippen molar-refractivity contribution in [3.8, 4) is 0 Å². The van der Waals surface area contributed by atoms with Crippen molar-refractivity contribution in [3.63, 3.8) is 0 Å². The van der Waals surface area contributed by atoms with Gasteiger partial charge in [-0.25, -0.2) is 0 Å². The van der Waals surface area contributed by atoms with Crippen LogP contribution in [0.2, 0.25) is 0 Å². The van der Waals surface area contributed by atoms with E-state index in [-0.39, 0.29) is 0 Å². The number of nitrogens with zero attached hydrogens (tertiary/aromatic N) is 3. The van der Waals surface area contributed by atoms with Crippen molar-refractivity contribution in [3.05, 3.63) is 0 Å². The fourth-order valence-electron chi connectivity index (χ4n) is 5.09. The quantitative estimate of drug-likeness (QED) is 0.762. The summed E-state index contributed by atoms with van der Waals surface area (Å²) in [6, 6.07) is 0. The van der Waals surface area contributed by atoms with Crippen LogP contribution in [0, 0.1) is 11.3 Å². The van der Waals surface area contributed by atoms with Crippen LogP contribution in [0.1, 0.15) is 67.2 Å². The van der Waals surface area contributed by atoms with Crippen LogP contribution in [-0.4, -0.2) is 71.6 Å². The molecule has 3 nitrogen and oxygen atoms in total. The third-order valence-corrected chi connectivity index (χ3v) is 6.67. The van der Waals surface area contributed by atoms with Crippen molar-refractivity contribution in [1.82, 2.24) is 14.7 Å². The van der Waals surface area contributed by atoms with Crippen LogP contribution in [0.5, 0.6) is 0 Å². The largest absolute Gasteiger partial charge is 0.302 e. The third kappa shape index (κ3) is 4.16. The molecule has 0 aromatic heterocycles. The minimum absolute atomic E-state index is 0.347. The molecule has 140 valence electrons. The first kappa shape index (κ1) is 18.7. The van der Waals surface area contributed by atoms with Crippen LogP contribution < -0.4 is 0 Å². The topological polar surface area (TPSA) is 9.72 Å². The van der Waals surface area contributed by atoms with Gasteiger partial charge in [-0.05, 0) is 86.2 Å². The highest BCUT2D eigenvalue weighted by Crippen LogP contribution is 2.43. The molecule has 0 aromatic rings. The lowest BCUT2D eigenvalue weighted by Crippen LogP contribution is -2.74. The lowest BCUT2D eigenvalue weighted by Gasteiger charge is -2.64. The summed E-state index contributed by atoms with van der Waals surface area (Å²) in [5, 5.41) is 0. The maximum atomic E-state index is 2.76. The van der Waals surface area contributed by atoms with Gasteiger partial charge in [-0.2, -0.15) is 0 Å². The summed E-state index contributed by atoms with van der Waals surface area (Å²) in [7, 11) is 0. The van der Waals surface area contributed by atoms with Gasteiger partial charge in [-0.15, -0.1) is 0 Å². The van der Waals surface area contributed by atoms with E-state index in [1.165, 1.54) is 71.5 Å². The Morgan fingerprint density at radius 2 is 1.25 bits per heavy atom. The molecule has 3 heteroatoms. The van der Waals surface area contributed by atoms with Crippen molar-refractivity contribution in [1.29, 1.82) is 0 Å². The molecule has 3 heterocycles. The van der Waals surface area contributed by atoms with Crippen molar-refractivity contribution in [2.75, 3.05) is 45.8 Å². The van der Waals surface area contributed by atoms with Crippen molar-refractivity contribution < 1.29 is 0 Å². The van der Waals surface area contributed by atoms with Crippen LogP contribution >= 0.6 is 0 Å². The normalized spacial score (nSPS) is 28.2. The molecular weight excluding hydrogens is 294 g/mol. The highest BCUT2D eigenvalue weighted by Gasteiger charge is 2.53. The average molecular weight is 336 g/mol. The Hall–Kier alpha value is -0.120. The van der Waals surface area contributed by atoms with Gasteiger partial charge in [-0.1, -0.05) is 0 Å². The number of hydrogen-bond acceptors (Lipinski definition) is 3. The first-order valence-electron chi connectivity index (χ1n) is 10.3. The zero-order valence-electron chi connectivity index (χ0n) is 17.2. The Kier molecular flexibility index (Phi) is 5.10. The molecule has 1 spiro atoms. The lowest BCUT2D eigenvalue weighted by atomic mass is 9.70. The SMILES string of the molecule is CC(C)(C)N1CCCC(CN2CC3(C2)CN(C(C)(C)C)C3)CCC1. The molecule has 3 aliphatic heterocycles. The van der Waals surface area contributed by atoms with Gasteiger partial charge in [0.05, 0.1) is 0 Å². The predicted octanol–water partition coefficient (Wildman–Crippen LogP) is 3.69. The van der Waals surface area contributed by atoms with Gasteiger partial charge in [0.2, 0.25) is 0 Å². The molecule has 0 aliphatic carbocycles. The number of likely N-dealkylation sites (tertiary alicyclic amines) is 3. The van der Waals surface area contributed by atoms with E-state index in [9.17, 15) is 0 Å². The van der Waals surface area contributed by atoms with E-state index in [2.05, 4.69) is 56.2 Å². The van der Waals surface area contributed by atoms with Crippen molar-refractivity contribution >= 4 is 0 Å². The van der Waals surface area contributed by atoms with Crippen LogP contribution in [0.3, 0.4) is 0 Å². The van der Waals surface area contributed by atoms with E-state index >= 15 is 0 Å². The highest BCUT2D eigenvalue weighted by molar-refractivity contribution is 5.08. The van der Waals surface area contributed by atoms with E-state index in [0.29, 0.717) is 16.5 Å². The molecule has 3 fully saturated rings. The number of hydrogen-bond donors (Lipinski definition) is 0. The smallest absolute Gasteiger partial charge is 0.0212 e. The number of rotatable bonds is 2. The maximum Gasteiger partial charge on any atom is 0.0212 e. The molecule has 0 amide bonds. The minimum atomic E-state index is 0.347. The summed E-state index contributed by atoms with van der Waals surface area (Å²) in [6.45, 7) is 23.5. The molecule has 0 aromatic carbocycles. The van der Waals surface area contributed by atoms with Gasteiger partial charge in [0.1, 0.15) is 0 Å².